The molecule has 0 aliphatic carbocycles. The molecule has 44 heavy (non-hydrogen) atoms. The van der Waals surface area contributed by atoms with Crippen LogP contribution in [0.25, 0.3) is 62.7 Å². The first-order valence-electron chi connectivity index (χ1n) is 15.0. The van der Waals surface area contributed by atoms with Crippen molar-refractivity contribution >= 4 is 83.2 Å². The topological polar surface area (TPSA) is 3.24 Å². The van der Waals surface area contributed by atoms with Crippen molar-refractivity contribution in [3.05, 3.63) is 164 Å². The average molecular weight is 625 g/mol. The number of hydrogen-bond donors (Lipinski definition) is 0. The Morgan fingerprint density at radius 2 is 0.977 bits per heavy atom. The molecule has 0 radical (unpaired) electrons. The maximum absolute atomic E-state index is 2.41. The number of nitrogens with zero attached hydrogens (tertiary/aromatic N) is 1. The van der Waals surface area contributed by atoms with Crippen LogP contribution in [0.5, 0.6) is 0 Å². The molecule has 0 fully saturated rings. The van der Waals surface area contributed by atoms with Gasteiger partial charge in [-0.25, -0.2) is 0 Å². The summed E-state index contributed by atoms with van der Waals surface area (Å²) in [6.07, 6.45) is 0. The van der Waals surface area contributed by atoms with Crippen molar-refractivity contribution in [1.29, 1.82) is 0 Å². The van der Waals surface area contributed by atoms with Crippen LogP contribution in [-0.4, -0.2) is 14.5 Å². The van der Waals surface area contributed by atoms with Gasteiger partial charge in [-0.05, 0) is 0 Å². The van der Waals surface area contributed by atoms with Crippen LogP contribution >= 0.6 is 0 Å². The summed E-state index contributed by atoms with van der Waals surface area (Å²) in [5.41, 5.74) is 5.90. The fourth-order valence-electron chi connectivity index (χ4n) is 6.64. The zero-order valence-electron chi connectivity index (χ0n) is 23.9. The molecule has 206 valence electrons. The van der Waals surface area contributed by atoms with Gasteiger partial charge in [-0.15, -0.1) is 0 Å². The standard InChI is InChI=1S/C42H27NSe/c1-2-8-28(9-3-1)30-16-21-34(22-17-30)43(35-23-18-29-10-4-5-11-33(29)26-35)36-24-19-31-14-15-32-20-25-38-37-12-6-7-13-40(37)44-42(38)41(32)39(31)27-36/h1-27H. The zero-order valence-corrected chi connectivity index (χ0v) is 25.7. The third kappa shape index (κ3) is 4.15. The van der Waals surface area contributed by atoms with E-state index in [4.69, 9.17) is 0 Å². The van der Waals surface area contributed by atoms with Crippen molar-refractivity contribution < 1.29 is 0 Å². The van der Waals surface area contributed by atoms with Crippen LogP contribution in [0.3, 0.4) is 0 Å². The Labute approximate surface area is 262 Å². The molecule has 0 aliphatic rings. The molecule has 9 rings (SSSR count). The zero-order chi connectivity index (χ0) is 29.0. The molecule has 0 atom stereocenters. The monoisotopic (exact) mass is 625 g/mol. The molecule has 2 heteroatoms. The molecule has 9 aromatic rings. The second-order valence-electron chi connectivity index (χ2n) is 11.4. The van der Waals surface area contributed by atoms with Gasteiger partial charge in [0, 0.05) is 0 Å². The molecule has 0 amide bonds. The molecular formula is C42H27NSe. The normalized spacial score (nSPS) is 11.6. The SMILES string of the molecule is c1ccc(-c2ccc(N(c3ccc4ccccc4c3)c3ccc4ccc5ccc6c7ccccc7[se]c6c5c4c3)cc2)cc1. The molecule has 1 nitrogen and oxygen atoms in total. The van der Waals surface area contributed by atoms with Crippen molar-refractivity contribution in [1.82, 2.24) is 0 Å². The minimum absolute atomic E-state index is 0.279. The van der Waals surface area contributed by atoms with E-state index in [0.717, 1.165) is 17.1 Å². The van der Waals surface area contributed by atoms with Gasteiger partial charge in [0.1, 0.15) is 0 Å². The first-order valence-corrected chi connectivity index (χ1v) is 16.7. The fourth-order valence-corrected chi connectivity index (χ4v) is 9.31. The number of fused-ring (bicyclic) bond motifs is 8. The first-order chi connectivity index (χ1) is 21.8. The van der Waals surface area contributed by atoms with E-state index in [2.05, 4.69) is 169 Å². The third-order valence-electron chi connectivity index (χ3n) is 8.81. The van der Waals surface area contributed by atoms with E-state index in [0.29, 0.717) is 0 Å². The summed E-state index contributed by atoms with van der Waals surface area (Å²) in [6.45, 7) is 0. The summed E-state index contributed by atoms with van der Waals surface area (Å²) in [5.74, 6) is 0. The van der Waals surface area contributed by atoms with Crippen molar-refractivity contribution in [3.8, 4) is 11.1 Å². The molecule has 0 spiro atoms. The molecule has 8 aromatic carbocycles. The Morgan fingerprint density at radius 3 is 1.84 bits per heavy atom. The van der Waals surface area contributed by atoms with Crippen LogP contribution in [0.4, 0.5) is 17.1 Å². The van der Waals surface area contributed by atoms with Gasteiger partial charge in [0.05, 0.1) is 0 Å². The number of benzene rings is 8. The predicted octanol–water partition coefficient (Wildman–Crippen LogP) is 11.6. The second-order valence-corrected chi connectivity index (χ2v) is 13.6. The average Bonchev–Trinajstić information content (AvgIpc) is 3.48. The molecule has 0 aliphatic heterocycles. The van der Waals surface area contributed by atoms with Crippen LogP contribution in [0.15, 0.2) is 164 Å². The van der Waals surface area contributed by atoms with Crippen LogP contribution in [0, 0.1) is 0 Å². The van der Waals surface area contributed by atoms with Crippen molar-refractivity contribution in [3.63, 3.8) is 0 Å². The number of rotatable bonds is 4. The van der Waals surface area contributed by atoms with Gasteiger partial charge in [-0.1, -0.05) is 18.2 Å². The minimum Gasteiger partial charge on any atom is -0.0617 e. The molecule has 0 bridgehead atoms. The molecule has 0 saturated carbocycles. The smallest absolute Gasteiger partial charge is 0.0617 e. The summed E-state index contributed by atoms with van der Waals surface area (Å²) in [7, 11) is 0. The van der Waals surface area contributed by atoms with Crippen molar-refractivity contribution in [2.75, 3.05) is 4.90 Å². The van der Waals surface area contributed by atoms with Crippen LogP contribution < -0.4 is 4.90 Å². The summed E-state index contributed by atoms with van der Waals surface area (Å²) in [4.78, 5) is 2.41. The summed E-state index contributed by atoms with van der Waals surface area (Å²) in [5, 5.41) is 10.6. The van der Waals surface area contributed by atoms with E-state index in [1.54, 1.807) is 0 Å². The van der Waals surface area contributed by atoms with Crippen LogP contribution in [0.1, 0.15) is 0 Å². The molecule has 1 aromatic heterocycles. The first kappa shape index (κ1) is 25.4. The van der Waals surface area contributed by atoms with E-state index in [-0.39, 0.29) is 14.5 Å². The Balaban J connectivity index is 1.28. The third-order valence-corrected chi connectivity index (χ3v) is 11.3. The van der Waals surface area contributed by atoms with Gasteiger partial charge in [-0.2, -0.15) is 0 Å². The summed E-state index contributed by atoms with van der Waals surface area (Å²) < 4.78 is 2.98. The van der Waals surface area contributed by atoms with Gasteiger partial charge in [0.15, 0.2) is 0 Å². The molecule has 0 saturated heterocycles. The number of hydrogen-bond acceptors (Lipinski definition) is 1. The van der Waals surface area contributed by atoms with Gasteiger partial charge < -0.3 is 0 Å². The molecule has 0 N–H and O–H groups in total. The maximum atomic E-state index is 2.41. The van der Waals surface area contributed by atoms with E-state index in [1.807, 2.05) is 0 Å². The predicted molar refractivity (Wildman–Crippen MR) is 191 cm³/mol. The van der Waals surface area contributed by atoms with E-state index < -0.39 is 0 Å². The van der Waals surface area contributed by atoms with Crippen LogP contribution in [-0.2, 0) is 0 Å². The van der Waals surface area contributed by atoms with Crippen LogP contribution in [0.2, 0.25) is 0 Å². The van der Waals surface area contributed by atoms with Gasteiger partial charge in [0.25, 0.3) is 0 Å². The summed E-state index contributed by atoms with van der Waals surface area (Å²) in [6, 6.07) is 60.1. The molecule has 1 heterocycles. The molecule has 0 unspecified atom stereocenters. The Bertz CT molecular complexity index is 2490. The Morgan fingerprint density at radius 1 is 0.364 bits per heavy atom. The van der Waals surface area contributed by atoms with E-state index in [1.165, 1.54) is 62.7 Å². The Hall–Kier alpha value is -5.14. The van der Waals surface area contributed by atoms with Crippen molar-refractivity contribution in [2.24, 2.45) is 0 Å². The van der Waals surface area contributed by atoms with Gasteiger partial charge >= 0.3 is 245 Å². The quantitative estimate of drug-likeness (QED) is 0.139. The molecular weight excluding hydrogens is 597 g/mol. The van der Waals surface area contributed by atoms with Gasteiger partial charge in [0.2, 0.25) is 0 Å². The summed E-state index contributed by atoms with van der Waals surface area (Å²) >= 11 is 0.279. The Kier molecular flexibility index (Phi) is 5.91. The second kappa shape index (κ2) is 10.2. The van der Waals surface area contributed by atoms with Crippen molar-refractivity contribution in [2.45, 2.75) is 0 Å². The van der Waals surface area contributed by atoms with E-state index in [9.17, 15) is 0 Å². The fraction of sp³-hybridized carbons (Fsp3) is 0. The van der Waals surface area contributed by atoms with Gasteiger partial charge in [-0.3, -0.25) is 0 Å². The number of anilines is 3. The minimum atomic E-state index is 0.279. The van der Waals surface area contributed by atoms with E-state index >= 15 is 0 Å².